The highest BCUT2D eigenvalue weighted by molar-refractivity contribution is 9.10. The zero-order valence-corrected chi connectivity index (χ0v) is 13.9. The Morgan fingerprint density at radius 3 is 2.68 bits per heavy atom. The first-order chi connectivity index (χ1) is 9.01. The Labute approximate surface area is 129 Å². The van der Waals surface area contributed by atoms with E-state index in [4.69, 9.17) is 0 Å². The summed E-state index contributed by atoms with van der Waals surface area (Å²) in [5.41, 5.74) is 2.53. The third-order valence-corrected chi connectivity index (χ3v) is 4.18. The monoisotopic (exact) mass is 384 g/mol. The Morgan fingerprint density at radius 1 is 1.32 bits per heavy atom. The number of rotatable bonds is 3. The number of nitrogens with one attached hydrogen (secondary N) is 1. The highest BCUT2D eigenvalue weighted by Crippen LogP contribution is 2.21. The number of anilines is 1. The molecule has 2 aromatic rings. The molecular weight excluding hydrogens is 372 g/mol. The number of aryl methyl sites for hydroxylation is 2. The fraction of sp³-hybridized carbons (Fsp3) is 0.214. The third-order valence-electron chi connectivity index (χ3n) is 2.85. The SMILES string of the molecule is CCn1cc(Br)cc1C(=O)Nc1ccc(Br)c(C)c1. The average molecular weight is 386 g/mol. The molecule has 0 bridgehead atoms. The van der Waals surface area contributed by atoms with Crippen LogP contribution in [-0.2, 0) is 6.54 Å². The Balaban J connectivity index is 2.22. The number of halogens is 2. The molecule has 1 N–H and O–H groups in total. The number of carbonyl (C=O) groups excluding carboxylic acids is 1. The number of carbonyl (C=O) groups is 1. The van der Waals surface area contributed by atoms with Crippen LogP contribution in [0.4, 0.5) is 5.69 Å². The Hall–Kier alpha value is -1.07. The largest absolute Gasteiger partial charge is 0.343 e. The minimum atomic E-state index is -0.103. The molecule has 0 radical (unpaired) electrons. The molecular formula is C14H14Br2N2O. The van der Waals surface area contributed by atoms with E-state index in [-0.39, 0.29) is 5.91 Å². The molecule has 0 atom stereocenters. The van der Waals surface area contributed by atoms with E-state index in [1.807, 2.05) is 48.9 Å². The normalized spacial score (nSPS) is 10.5. The van der Waals surface area contributed by atoms with Crippen molar-refractivity contribution in [2.45, 2.75) is 20.4 Å². The molecule has 0 aliphatic carbocycles. The van der Waals surface area contributed by atoms with Gasteiger partial charge in [0.05, 0.1) is 0 Å². The van der Waals surface area contributed by atoms with Gasteiger partial charge in [0.25, 0.3) is 5.91 Å². The van der Waals surface area contributed by atoms with Gasteiger partial charge in [-0.15, -0.1) is 0 Å². The second-order valence-electron chi connectivity index (χ2n) is 4.25. The van der Waals surface area contributed by atoms with Crippen molar-refractivity contribution in [2.24, 2.45) is 0 Å². The molecule has 19 heavy (non-hydrogen) atoms. The Morgan fingerprint density at radius 2 is 2.05 bits per heavy atom. The van der Waals surface area contributed by atoms with Crippen LogP contribution in [0.2, 0.25) is 0 Å². The van der Waals surface area contributed by atoms with E-state index in [1.165, 1.54) is 0 Å². The number of nitrogens with zero attached hydrogens (tertiary/aromatic N) is 1. The zero-order chi connectivity index (χ0) is 14.0. The van der Waals surface area contributed by atoms with Gasteiger partial charge < -0.3 is 9.88 Å². The van der Waals surface area contributed by atoms with E-state index in [0.29, 0.717) is 5.69 Å². The number of benzene rings is 1. The summed E-state index contributed by atoms with van der Waals surface area (Å²) >= 11 is 6.84. The van der Waals surface area contributed by atoms with Crippen LogP contribution in [0.15, 0.2) is 39.4 Å². The Kier molecular flexibility index (Phi) is 4.47. The molecule has 0 aliphatic rings. The molecule has 1 heterocycles. The quantitative estimate of drug-likeness (QED) is 0.823. The molecule has 0 fully saturated rings. The van der Waals surface area contributed by atoms with Gasteiger partial charge in [0.1, 0.15) is 5.69 Å². The van der Waals surface area contributed by atoms with Crippen molar-refractivity contribution in [3.63, 3.8) is 0 Å². The molecule has 3 nitrogen and oxygen atoms in total. The summed E-state index contributed by atoms with van der Waals surface area (Å²) < 4.78 is 3.85. The first-order valence-corrected chi connectivity index (χ1v) is 7.53. The smallest absolute Gasteiger partial charge is 0.272 e. The molecule has 1 aromatic heterocycles. The maximum atomic E-state index is 12.2. The van der Waals surface area contributed by atoms with E-state index in [9.17, 15) is 4.79 Å². The van der Waals surface area contributed by atoms with Crippen LogP contribution in [0, 0.1) is 6.92 Å². The van der Waals surface area contributed by atoms with Gasteiger partial charge in [-0.1, -0.05) is 15.9 Å². The van der Waals surface area contributed by atoms with Crippen LogP contribution >= 0.6 is 31.9 Å². The van der Waals surface area contributed by atoms with Gasteiger partial charge in [-0.2, -0.15) is 0 Å². The van der Waals surface area contributed by atoms with Crippen molar-refractivity contribution < 1.29 is 4.79 Å². The maximum absolute atomic E-state index is 12.2. The third kappa shape index (κ3) is 3.28. The van der Waals surface area contributed by atoms with Crippen LogP contribution in [0.1, 0.15) is 23.0 Å². The minimum Gasteiger partial charge on any atom is -0.343 e. The lowest BCUT2D eigenvalue weighted by atomic mass is 10.2. The molecule has 1 amide bonds. The molecule has 0 unspecified atom stereocenters. The summed E-state index contributed by atoms with van der Waals surface area (Å²) in [5.74, 6) is -0.103. The van der Waals surface area contributed by atoms with E-state index in [0.717, 1.165) is 26.7 Å². The van der Waals surface area contributed by atoms with Crippen LogP contribution in [0.25, 0.3) is 0 Å². The first-order valence-electron chi connectivity index (χ1n) is 5.94. The van der Waals surface area contributed by atoms with E-state index in [1.54, 1.807) is 0 Å². The molecule has 100 valence electrons. The molecule has 5 heteroatoms. The molecule has 0 spiro atoms. The van der Waals surface area contributed by atoms with Crippen molar-refractivity contribution in [3.05, 3.63) is 50.7 Å². The van der Waals surface area contributed by atoms with Crippen LogP contribution < -0.4 is 5.32 Å². The lowest BCUT2D eigenvalue weighted by Crippen LogP contribution is -2.16. The number of amides is 1. The molecule has 1 aromatic carbocycles. The highest BCUT2D eigenvalue weighted by atomic mass is 79.9. The summed E-state index contributed by atoms with van der Waals surface area (Å²) in [4.78, 5) is 12.2. The fourth-order valence-corrected chi connectivity index (χ4v) is 2.56. The van der Waals surface area contributed by atoms with Crippen molar-refractivity contribution in [1.29, 1.82) is 0 Å². The lowest BCUT2D eigenvalue weighted by molar-refractivity contribution is 0.101. The second-order valence-corrected chi connectivity index (χ2v) is 6.02. The molecule has 2 rings (SSSR count). The van der Waals surface area contributed by atoms with Gasteiger partial charge in [-0.3, -0.25) is 4.79 Å². The van der Waals surface area contributed by atoms with Crippen molar-refractivity contribution in [3.8, 4) is 0 Å². The molecule has 0 saturated carbocycles. The van der Waals surface area contributed by atoms with E-state index >= 15 is 0 Å². The minimum absolute atomic E-state index is 0.103. The first kappa shape index (κ1) is 14.3. The van der Waals surface area contributed by atoms with Crippen molar-refractivity contribution in [1.82, 2.24) is 4.57 Å². The topological polar surface area (TPSA) is 34.0 Å². The Bertz CT molecular complexity index is 620. The van der Waals surface area contributed by atoms with Crippen LogP contribution in [-0.4, -0.2) is 10.5 Å². The van der Waals surface area contributed by atoms with Crippen molar-refractivity contribution in [2.75, 3.05) is 5.32 Å². The standard InChI is InChI=1S/C14H14Br2N2O/c1-3-18-8-10(15)7-13(18)14(19)17-11-4-5-12(16)9(2)6-11/h4-8H,3H2,1-2H3,(H,17,19). The summed E-state index contributed by atoms with van der Waals surface area (Å²) in [6.45, 7) is 4.76. The van der Waals surface area contributed by atoms with Gasteiger partial charge in [-0.25, -0.2) is 0 Å². The van der Waals surface area contributed by atoms with Gasteiger partial charge in [0, 0.05) is 27.4 Å². The van der Waals surface area contributed by atoms with Gasteiger partial charge in [-0.05, 0) is 59.6 Å². The number of hydrogen-bond donors (Lipinski definition) is 1. The molecule has 0 aliphatic heterocycles. The van der Waals surface area contributed by atoms with Crippen LogP contribution in [0.3, 0.4) is 0 Å². The van der Waals surface area contributed by atoms with Crippen molar-refractivity contribution >= 4 is 43.5 Å². The predicted molar refractivity (Wildman–Crippen MR) is 84.6 cm³/mol. The van der Waals surface area contributed by atoms with E-state index < -0.39 is 0 Å². The van der Waals surface area contributed by atoms with Gasteiger partial charge in [0.15, 0.2) is 0 Å². The second kappa shape index (κ2) is 5.92. The summed E-state index contributed by atoms with van der Waals surface area (Å²) in [7, 11) is 0. The fourth-order valence-electron chi connectivity index (χ4n) is 1.84. The van der Waals surface area contributed by atoms with Crippen LogP contribution in [0.5, 0.6) is 0 Å². The summed E-state index contributed by atoms with van der Waals surface area (Å²) in [6, 6.07) is 7.57. The average Bonchev–Trinajstić information content (AvgIpc) is 2.75. The highest BCUT2D eigenvalue weighted by Gasteiger charge is 2.12. The van der Waals surface area contributed by atoms with Gasteiger partial charge in [0.2, 0.25) is 0 Å². The maximum Gasteiger partial charge on any atom is 0.272 e. The number of hydrogen-bond acceptors (Lipinski definition) is 1. The lowest BCUT2D eigenvalue weighted by Gasteiger charge is -2.09. The molecule has 0 saturated heterocycles. The summed E-state index contributed by atoms with van der Waals surface area (Å²) in [5, 5.41) is 2.91. The predicted octanol–water partition coefficient (Wildman–Crippen LogP) is 4.59. The zero-order valence-electron chi connectivity index (χ0n) is 10.7. The summed E-state index contributed by atoms with van der Waals surface area (Å²) in [6.07, 6.45) is 1.90. The van der Waals surface area contributed by atoms with Gasteiger partial charge >= 0.3 is 0 Å². The van der Waals surface area contributed by atoms with E-state index in [2.05, 4.69) is 37.2 Å². The number of aromatic nitrogens is 1.